The van der Waals surface area contributed by atoms with Gasteiger partial charge in [-0.1, -0.05) is 19.1 Å². The molecule has 0 saturated heterocycles. The smallest absolute Gasteiger partial charge is 0.119 e. The highest BCUT2D eigenvalue weighted by molar-refractivity contribution is 7.12. The van der Waals surface area contributed by atoms with Crippen molar-refractivity contribution in [1.82, 2.24) is 5.32 Å². The average molecular weight is 289 g/mol. The molecular weight excluding hydrogens is 266 g/mol. The van der Waals surface area contributed by atoms with Crippen molar-refractivity contribution in [3.05, 3.63) is 51.2 Å². The topological polar surface area (TPSA) is 21.3 Å². The van der Waals surface area contributed by atoms with Crippen molar-refractivity contribution < 1.29 is 4.74 Å². The fourth-order valence-corrected chi connectivity index (χ4v) is 3.06. The van der Waals surface area contributed by atoms with E-state index >= 15 is 0 Å². The first-order chi connectivity index (χ1) is 9.69. The maximum atomic E-state index is 5.65. The summed E-state index contributed by atoms with van der Waals surface area (Å²) in [5.74, 6) is 0.967. The van der Waals surface area contributed by atoms with Crippen molar-refractivity contribution in [2.45, 2.75) is 40.3 Å². The quantitative estimate of drug-likeness (QED) is 0.813. The van der Waals surface area contributed by atoms with E-state index in [2.05, 4.69) is 50.4 Å². The highest BCUT2D eigenvalue weighted by atomic mass is 32.1. The van der Waals surface area contributed by atoms with E-state index in [4.69, 9.17) is 4.74 Å². The zero-order chi connectivity index (χ0) is 14.4. The monoisotopic (exact) mass is 289 g/mol. The SMILES string of the molecule is CCCOc1cccc(CNCc2cc(C)c(C)s2)c1. The molecule has 20 heavy (non-hydrogen) atoms. The first kappa shape index (κ1) is 15.1. The van der Waals surface area contributed by atoms with Crippen molar-refractivity contribution in [3.63, 3.8) is 0 Å². The highest BCUT2D eigenvalue weighted by Gasteiger charge is 2.02. The van der Waals surface area contributed by atoms with E-state index in [0.717, 1.165) is 31.9 Å². The van der Waals surface area contributed by atoms with Crippen LogP contribution in [0.2, 0.25) is 0 Å². The minimum absolute atomic E-state index is 0.782. The average Bonchev–Trinajstić information content (AvgIpc) is 2.76. The Morgan fingerprint density at radius 3 is 2.70 bits per heavy atom. The van der Waals surface area contributed by atoms with Gasteiger partial charge in [-0.05, 0) is 49.6 Å². The molecular formula is C17H23NOS. The Labute approximate surface area is 125 Å². The van der Waals surface area contributed by atoms with Crippen LogP contribution in [-0.2, 0) is 13.1 Å². The van der Waals surface area contributed by atoms with Crippen LogP contribution in [0.25, 0.3) is 0 Å². The first-order valence-corrected chi connectivity index (χ1v) is 7.99. The minimum atomic E-state index is 0.782. The third kappa shape index (κ3) is 4.36. The van der Waals surface area contributed by atoms with Gasteiger partial charge in [0.05, 0.1) is 6.61 Å². The minimum Gasteiger partial charge on any atom is -0.494 e. The van der Waals surface area contributed by atoms with Gasteiger partial charge in [0.2, 0.25) is 0 Å². The number of ether oxygens (including phenoxy) is 1. The van der Waals surface area contributed by atoms with Crippen LogP contribution in [0.3, 0.4) is 0 Å². The van der Waals surface area contributed by atoms with E-state index in [1.807, 2.05) is 17.4 Å². The molecule has 2 aromatic rings. The molecule has 108 valence electrons. The van der Waals surface area contributed by atoms with Crippen molar-refractivity contribution >= 4 is 11.3 Å². The summed E-state index contributed by atoms with van der Waals surface area (Å²) in [6.45, 7) is 9.06. The summed E-state index contributed by atoms with van der Waals surface area (Å²) < 4.78 is 5.65. The van der Waals surface area contributed by atoms with Crippen LogP contribution in [-0.4, -0.2) is 6.61 Å². The van der Waals surface area contributed by atoms with E-state index in [1.54, 1.807) is 0 Å². The second-order valence-electron chi connectivity index (χ2n) is 5.05. The third-order valence-corrected chi connectivity index (χ3v) is 4.37. The summed E-state index contributed by atoms with van der Waals surface area (Å²) in [6.07, 6.45) is 1.04. The van der Waals surface area contributed by atoms with Crippen LogP contribution in [0.15, 0.2) is 30.3 Å². The second kappa shape index (κ2) is 7.46. The number of aryl methyl sites for hydroxylation is 2. The molecule has 0 aliphatic heterocycles. The molecule has 0 bridgehead atoms. The van der Waals surface area contributed by atoms with Gasteiger partial charge in [0.1, 0.15) is 5.75 Å². The van der Waals surface area contributed by atoms with Crippen molar-refractivity contribution in [3.8, 4) is 5.75 Å². The van der Waals surface area contributed by atoms with Gasteiger partial charge in [0.15, 0.2) is 0 Å². The molecule has 0 saturated carbocycles. The summed E-state index contributed by atoms with van der Waals surface area (Å²) in [4.78, 5) is 2.81. The van der Waals surface area contributed by atoms with Gasteiger partial charge in [-0.2, -0.15) is 0 Å². The normalized spacial score (nSPS) is 10.8. The molecule has 3 heteroatoms. The van der Waals surface area contributed by atoms with Crippen LogP contribution >= 0.6 is 11.3 Å². The van der Waals surface area contributed by atoms with Crippen LogP contribution in [0.4, 0.5) is 0 Å². The van der Waals surface area contributed by atoms with E-state index < -0.39 is 0 Å². The molecule has 0 spiro atoms. The lowest BCUT2D eigenvalue weighted by atomic mass is 10.2. The van der Waals surface area contributed by atoms with E-state index in [1.165, 1.54) is 20.9 Å². The molecule has 0 amide bonds. The summed E-state index contributed by atoms with van der Waals surface area (Å²) in [7, 11) is 0. The number of benzene rings is 1. The second-order valence-corrected chi connectivity index (χ2v) is 6.39. The van der Waals surface area contributed by atoms with Crippen LogP contribution < -0.4 is 10.1 Å². The Morgan fingerprint density at radius 2 is 2.00 bits per heavy atom. The Kier molecular flexibility index (Phi) is 5.62. The van der Waals surface area contributed by atoms with Crippen LogP contribution in [0, 0.1) is 13.8 Å². The largest absolute Gasteiger partial charge is 0.494 e. The molecule has 2 rings (SSSR count). The molecule has 2 nitrogen and oxygen atoms in total. The number of thiophene rings is 1. The standard InChI is InChI=1S/C17H23NOS/c1-4-8-19-16-7-5-6-15(10-16)11-18-12-17-9-13(2)14(3)20-17/h5-7,9-10,18H,4,8,11-12H2,1-3H3. The predicted molar refractivity (Wildman–Crippen MR) is 86.6 cm³/mol. The van der Waals surface area contributed by atoms with E-state index in [9.17, 15) is 0 Å². The Hall–Kier alpha value is -1.32. The molecule has 1 aromatic heterocycles. The lowest BCUT2D eigenvalue weighted by Crippen LogP contribution is -2.11. The number of hydrogen-bond acceptors (Lipinski definition) is 3. The Bertz CT molecular complexity index is 528. The molecule has 0 fully saturated rings. The van der Waals surface area contributed by atoms with Crippen molar-refractivity contribution in [2.75, 3.05) is 6.61 Å². The van der Waals surface area contributed by atoms with Gasteiger partial charge in [-0.3, -0.25) is 0 Å². The first-order valence-electron chi connectivity index (χ1n) is 7.17. The lowest BCUT2D eigenvalue weighted by Gasteiger charge is -2.07. The number of nitrogens with one attached hydrogen (secondary N) is 1. The molecule has 0 unspecified atom stereocenters. The summed E-state index contributed by atoms with van der Waals surface area (Å²) in [6, 6.07) is 10.6. The fourth-order valence-electron chi connectivity index (χ4n) is 2.03. The molecule has 1 aromatic carbocycles. The highest BCUT2D eigenvalue weighted by Crippen LogP contribution is 2.20. The maximum absolute atomic E-state index is 5.65. The van der Waals surface area contributed by atoms with Crippen LogP contribution in [0.1, 0.15) is 34.2 Å². The number of rotatable bonds is 7. The summed E-state index contributed by atoms with van der Waals surface area (Å²) in [5, 5.41) is 3.50. The molecule has 1 heterocycles. The summed E-state index contributed by atoms with van der Waals surface area (Å²) in [5.41, 5.74) is 2.66. The lowest BCUT2D eigenvalue weighted by molar-refractivity contribution is 0.317. The third-order valence-electron chi connectivity index (χ3n) is 3.22. The van der Waals surface area contributed by atoms with Gasteiger partial charge >= 0.3 is 0 Å². The zero-order valence-electron chi connectivity index (χ0n) is 12.5. The van der Waals surface area contributed by atoms with Gasteiger partial charge in [-0.25, -0.2) is 0 Å². The van der Waals surface area contributed by atoms with E-state index in [0.29, 0.717) is 0 Å². The molecule has 0 aliphatic carbocycles. The molecule has 1 N–H and O–H groups in total. The van der Waals surface area contributed by atoms with Crippen molar-refractivity contribution in [1.29, 1.82) is 0 Å². The molecule has 0 radical (unpaired) electrons. The fraction of sp³-hybridized carbons (Fsp3) is 0.412. The Morgan fingerprint density at radius 1 is 1.15 bits per heavy atom. The van der Waals surface area contributed by atoms with E-state index in [-0.39, 0.29) is 0 Å². The molecule has 0 aliphatic rings. The van der Waals surface area contributed by atoms with Gasteiger partial charge in [0, 0.05) is 22.8 Å². The van der Waals surface area contributed by atoms with Gasteiger partial charge < -0.3 is 10.1 Å². The summed E-state index contributed by atoms with van der Waals surface area (Å²) >= 11 is 1.88. The van der Waals surface area contributed by atoms with Crippen LogP contribution in [0.5, 0.6) is 5.75 Å². The maximum Gasteiger partial charge on any atom is 0.119 e. The predicted octanol–water partition coefficient (Wildman–Crippen LogP) is 4.44. The van der Waals surface area contributed by atoms with Gasteiger partial charge in [0.25, 0.3) is 0 Å². The number of hydrogen-bond donors (Lipinski definition) is 1. The zero-order valence-corrected chi connectivity index (χ0v) is 13.3. The van der Waals surface area contributed by atoms with Crippen molar-refractivity contribution in [2.24, 2.45) is 0 Å². The molecule has 0 atom stereocenters. The van der Waals surface area contributed by atoms with Gasteiger partial charge in [-0.15, -0.1) is 11.3 Å². The Balaban J connectivity index is 1.84.